The van der Waals surface area contributed by atoms with E-state index in [1.54, 1.807) is 12.1 Å². The van der Waals surface area contributed by atoms with E-state index in [0.717, 1.165) is 0 Å². The Labute approximate surface area is 120 Å². The van der Waals surface area contributed by atoms with Gasteiger partial charge in [0.05, 0.1) is 25.5 Å². The molecule has 0 radical (unpaired) electrons. The Morgan fingerprint density at radius 2 is 1.70 bits per heavy atom. The molecule has 0 saturated heterocycles. The largest absolute Gasteiger partial charge is 0.392 e. The lowest BCUT2D eigenvalue weighted by Gasteiger charge is -2.25. The van der Waals surface area contributed by atoms with Crippen molar-refractivity contribution < 1.29 is 19.0 Å². The fourth-order valence-corrected chi connectivity index (χ4v) is 1.90. The minimum absolute atomic E-state index is 0.158. The fourth-order valence-electron chi connectivity index (χ4n) is 1.90. The van der Waals surface area contributed by atoms with E-state index in [1.165, 1.54) is 6.07 Å². The second-order valence-electron chi connectivity index (χ2n) is 4.32. The third kappa shape index (κ3) is 5.45. The molecule has 5 heteroatoms. The smallest absolute Gasteiger partial charge is 0.146 e. The van der Waals surface area contributed by atoms with Gasteiger partial charge in [-0.25, -0.2) is 4.39 Å². The third-order valence-electron chi connectivity index (χ3n) is 2.95. The Morgan fingerprint density at radius 1 is 1.10 bits per heavy atom. The predicted molar refractivity (Wildman–Crippen MR) is 77.5 cm³/mol. The molecule has 4 nitrogen and oxygen atoms in total. The highest BCUT2D eigenvalue weighted by atomic mass is 19.1. The van der Waals surface area contributed by atoms with E-state index >= 15 is 0 Å². The first-order valence-corrected chi connectivity index (χ1v) is 7.02. The minimum atomic E-state index is -0.329. The second kappa shape index (κ2) is 9.69. The Balaban J connectivity index is 2.73. The second-order valence-corrected chi connectivity index (χ2v) is 4.32. The van der Waals surface area contributed by atoms with Crippen LogP contribution in [0.25, 0.3) is 0 Å². The summed E-state index contributed by atoms with van der Waals surface area (Å²) < 4.78 is 24.7. The lowest BCUT2D eigenvalue weighted by Crippen LogP contribution is -2.31. The summed E-state index contributed by atoms with van der Waals surface area (Å²) in [5.74, 6) is -0.329. The van der Waals surface area contributed by atoms with E-state index in [1.807, 2.05) is 18.7 Å². The molecule has 1 N–H and O–H groups in total. The van der Waals surface area contributed by atoms with Crippen LogP contribution in [0.5, 0.6) is 0 Å². The van der Waals surface area contributed by atoms with Crippen molar-refractivity contribution in [1.29, 1.82) is 0 Å². The van der Waals surface area contributed by atoms with Gasteiger partial charge in [0, 0.05) is 26.3 Å². The molecular formula is C15H24FNO3. The average Bonchev–Trinajstić information content (AvgIpc) is 2.46. The molecule has 0 aromatic heterocycles. The van der Waals surface area contributed by atoms with Crippen molar-refractivity contribution >= 4 is 5.69 Å². The lowest BCUT2D eigenvalue weighted by molar-refractivity contribution is 0.141. The summed E-state index contributed by atoms with van der Waals surface area (Å²) in [6.07, 6.45) is 0. The molecule has 0 aliphatic heterocycles. The van der Waals surface area contributed by atoms with Crippen LogP contribution in [0.2, 0.25) is 0 Å². The molecule has 114 valence electrons. The van der Waals surface area contributed by atoms with Crippen LogP contribution in [-0.4, -0.2) is 44.6 Å². The van der Waals surface area contributed by atoms with Crippen LogP contribution in [0.15, 0.2) is 18.2 Å². The number of anilines is 1. The van der Waals surface area contributed by atoms with Crippen LogP contribution < -0.4 is 4.90 Å². The number of hydrogen-bond donors (Lipinski definition) is 1. The monoisotopic (exact) mass is 285 g/mol. The van der Waals surface area contributed by atoms with E-state index in [2.05, 4.69) is 0 Å². The van der Waals surface area contributed by atoms with Gasteiger partial charge in [0.2, 0.25) is 0 Å². The van der Waals surface area contributed by atoms with Crippen molar-refractivity contribution in [3.05, 3.63) is 29.6 Å². The average molecular weight is 285 g/mol. The summed E-state index contributed by atoms with van der Waals surface area (Å²) in [7, 11) is 0. The Kier molecular flexibility index (Phi) is 8.18. The first-order chi connectivity index (χ1) is 9.72. The van der Waals surface area contributed by atoms with Gasteiger partial charge in [-0.2, -0.15) is 0 Å². The molecule has 20 heavy (non-hydrogen) atoms. The SMILES string of the molecule is CCOCCN(CCOCC)c1ccc(CO)cc1F. The molecule has 0 unspecified atom stereocenters. The van der Waals surface area contributed by atoms with Crippen LogP contribution in [0.4, 0.5) is 10.1 Å². The first-order valence-electron chi connectivity index (χ1n) is 7.02. The zero-order chi connectivity index (χ0) is 14.8. The van der Waals surface area contributed by atoms with Gasteiger partial charge in [0.1, 0.15) is 5.82 Å². The molecule has 0 saturated carbocycles. The minimum Gasteiger partial charge on any atom is -0.392 e. The van der Waals surface area contributed by atoms with Crippen LogP contribution in [0.1, 0.15) is 19.4 Å². The van der Waals surface area contributed by atoms with Gasteiger partial charge in [-0.3, -0.25) is 0 Å². The number of ether oxygens (including phenoxy) is 2. The summed E-state index contributed by atoms with van der Waals surface area (Å²) in [6.45, 7) is 7.30. The maximum Gasteiger partial charge on any atom is 0.146 e. The zero-order valence-electron chi connectivity index (χ0n) is 12.3. The highest BCUT2D eigenvalue weighted by Crippen LogP contribution is 2.20. The number of aliphatic hydroxyl groups is 1. The van der Waals surface area contributed by atoms with Crippen molar-refractivity contribution in [3.63, 3.8) is 0 Å². The first kappa shape index (κ1) is 16.9. The highest BCUT2D eigenvalue weighted by molar-refractivity contribution is 5.49. The summed E-state index contributed by atoms with van der Waals surface area (Å²) in [4.78, 5) is 1.90. The number of halogens is 1. The summed E-state index contributed by atoms with van der Waals surface area (Å²) >= 11 is 0. The zero-order valence-corrected chi connectivity index (χ0v) is 12.3. The van der Waals surface area contributed by atoms with E-state index in [9.17, 15) is 4.39 Å². The van der Waals surface area contributed by atoms with Crippen molar-refractivity contribution in [2.24, 2.45) is 0 Å². The third-order valence-corrected chi connectivity index (χ3v) is 2.95. The summed E-state index contributed by atoms with van der Waals surface area (Å²) in [6, 6.07) is 4.79. The van der Waals surface area contributed by atoms with E-state index in [4.69, 9.17) is 14.6 Å². The molecule has 0 bridgehead atoms. The van der Waals surface area contributed by atoms with Crippen LogP contribution in [0, 0.1) is 5.82 Å². The maximum atomic E-state index is 14.1. The van der Waals surface area contributed by atoms with Crippen LogP contribution in [0.3, 0.4) is 0 Å². The molecule has 0 aliphatic rings. The highest BCUT2D eigenvalue weighted by Gasteiger charge is 2.12. The molecule has 0 spiro atoms. The van der Waals surface area contributed by atoms with Gasteiger partial charge in [-0.1, -0.05) is 6.07 Å². The summed E-state index contributed by atoms with van der Waals surface area (Å²) in [5, 5.41) is 9.02. The molecule has 0 atom stereocenters. The Bertz CT molecular complexity index is 377. The van der Waals surface area contributed by atoms with Crippen LogP contribution in [-0.2, 0) is 16.1 Å². The number of nitrogens with zero attached hydrogens (tertiary/aromatic N) is 1. The molecule has 0 fully saturated rings. The number of aliphatic hydroxyl groups excluding tert-OH is 1. The molecule has 1 aromatic rings. The van der Waals surface area contributed by atoms with E-state index in [0.29, 0.717) is 50.8 Å². The fraction of sp³-hybridized carbons (Fsp3) is 0.600. The van der Waals surface area contributed by atoms with Crippen molar-refractivity contribution in [2.75, 3.05) is 44.4 Å². The van der Waals surface area contributed by atoms with Crippen molar-refractivity contribution in [3.8, 4) is 0 Å². The summed E-state index contributed by atoms with van der Waals surface area (Å²) in [5.41, 5.74) is 1.09. The van der Waals surface area contributed by atoms with Gasteiger partial charge in [-0.05, 0) is 31.5 Å². The normalized spacial score (nSPS) is 10.8. The molecule has 0 heterocycles. The van der Waals surface area contributed by atoms with Gasteiger partial charge in [0.25, 0.3) is 0 Å². The molecule has 0 amide bonds. The Hall–Kier alpha value is -1.17. The predicted octanol–water partition coefficient (Wildman–Crippen LogP) is 2.20. The Morgan fingerprint density at radius 3 is 2.15 bits per heavy atom. The van der Waals surface area contributed by atoms with Crippen molar-refractivity contribution in [1.82, 2.24) is 0 Å². The quantitative estimate of drug-likeness (QED) is 0.669. The van der Waals surface area contributed by atoms with Gasteiger partial charge in [0.15, 0.2) is 0 Å². The van der Waals surface area contributed by atoms with Gasteiger partial charge < -0.3 is 19.5 Å². The van der Waals surface area contributed by atoms with E-state index in [-0.39, 0.29) is 12.4 Å². The van der Waals surface area contributed by atoms with E-state index < -0.39 is 0 Å². The maximum absolute atomic E-state index is 14.1. The topological polar surface area (TPSA) is 41.9 Å². The molecule has 1 aromatic carbocycles. The molecular weight excluding hydrogens is 261 g/mol. The standard InChI is InChI=1S/C15H24FNO3/c1-3-19-9-7-17(8-10-20-4-2)15-6-5-13(12-18)11-14(15)16/h5-6,11,18H,3-4,7-10,12H2,1-2H3. The molecule has 1 rings (SSSR count). The lowest BCUT2D eigenvalue weighted by atomic mass is 10.2. The number of hydrogen-bond acceptors (Lipinski definition) is 4. The number of rotatable bonds is 10. The van der Waals surface area contributed by atoms with Crippen LogP contribution >= 0.6 is 0 Å². The van der Waals surface area contributed by atoms with Crippen molar-refractivity contribution in [2.45, 2.75) is 20.5 Å². The van der Waals surface area contributed by atoms with Gasteiger partial charge >= 0.3 is 0 Å². The molecule has 0 aliphatic carbocycles. The van der Waals surface area contributed by atoms with Gasteiger partial charge in [-0.15, -0.1) is 0 Å². The number of benzene rings is 1.